The highest BCUT2D eigenvalue weighted by Crippen LogP contribution is 2.52. The second kappa shape index (κ2) is 6.99. The number of piperidine rings is 1. The average molecular weight is 412 g/mol. The molecule has 3 saturated heterocycles. The monoisotopic (exact) mass is 411 g/mol. The predicted molar refractivity (Wildman–Crippen MR) is 88.3 cm³/mol. The van der Waals surface area contributed by atoms with Crippen LogP contribution in [-0.4, -0.2) is 66.2 Å². The summed E-state index contributed by atoms with van der Waals surface area (Å²) in [5.41, 5.74) is 0.809. The largest absolute Gasteiger partial charge is 1.00 e. The summed E-state index contributed by atoms with van der Waals surface area (Å²) >= 11 is 0. The summed E-state index contributed by atoms with van der Waals surface area (Å²) in [6.45, 7) is 3.10. The Morgan fingerprint density at radius 1 is 1.28 bits per heavy atom. The van der Waals surface area contributed by atoms with Gasteiger partial charge in [0.25, 0.3) is 0 Å². The van der Waals surface area contributed by atoms with Crippen LogP contribution in [0.25, 0.3) is 0 Å². The normalized spacial score (nSPS) is 39.1. The highest BCUT2D eigenvalue weighted by atomic mass is 79.9. The number of aliphatic hydroxyl groups is 1. The fourth-order valence-corrected chi connectivity index (χ4v) is 4.87. The minimum atomic E-state index is -0.594. The third-order valence-electron chi connectivity index (χ3n) is 6.48. The van der Waals surface area contributed by atoms with Crippen LogP contribution in [-0.2, 0) is 14.3 Å². The van der Waals surface area contributed by atoms with E-state index in [2.05, 4.69) is 14.0 Å². The molecule has 0 saturated carbocycles. The van der Waals surface area contributed by atoms with E-state index in [4.69, 9.17) is 9.47 Å². The number of hydrogen-bond donors (Lipinski definition) is 1. The number of esters is 1. The molecule has 0 amide bonds. The lowest BCUT2D eigenvalue weighted by Gasteiger charge is -2.47. The molecule has 1 N–H and O–H groups in total. The SMILES string of the molecule is CC[N+]1(C)C2CC(OC(=O)[C@H](CO)c3ccccc3)CC1C1OC12.[Br-]. The van der Waals surface area contributed by atoms with Gasteiger partial charge in [0.05, 0.1) is 20.2 Å². The molecule has 4 unspecified atom stereocenters. The van der Waals surface area contributed by atoms with Crippen molar-refractivity contribution >= 4 is 5.97 Å². The number of benzene rings is 1. The molecule has 2 bridgehead atoms. The lowest BCUT2D eigenvalue weighted by molar-refractivity contribution is -0.954. The minimum absolute atomic E-state index is 0. The molecular formula is C19H26BrNO4. The average Bonchev–Trinajstić information content (AvgIpc) is 3.35. The van der Waals surface area contributed by atoms with Crippen molar-refractivity contribution in [1.82, 2.24) is 0 Å². The van der Waals surface area contributed by atoms with Crippen molar-refractivity contribution in [3.8, 4) is 0 Å². The van der Waals surface area contributed by atoms with Crippen molar-refractivity contribution in [2.75, 3.05) is 20.2 Å². The standard InChI is InChI=1S/C19H26NO4.BrH/c1-3-20(2)15-9-13(10-16(20)18-17(15)24-18)23-19(22)14(11-21)12-7-5-4-6-8-12;/h4-8,13-18,21H,3,9-11H2,1-2H3;1H/q+1;/p-1/t13?,14-,15?,16?,17?,18?,20?;/m1./s1. The van der Waals surface area contributed by atoms with Crippen molar-refractivity contribution in [2.24, 2.45) is 0 Å². The number of nitrogens with zero attached hydrogens (tertiary/aromatic N) is 1. The molecule has 1 aromatic carbocycles. The van der Waals surface area contributed by atoms with Crippen LogP contribution in [0.15, 0.2) is 30.3 Å². The zero-order chi connectivity index (χ0) is 16.9. The summed E-state index contributed by atoms with van der Waals surface area (Å²) < 4.78 is 12.7. The van der Waals surface area contributed by atoms with Crippen LogP contribution in [0, 0.1) is 0 Å². The quantitative estimate of drug-likeness (QED) is 0.362. The van der Waals surface area contributed by atoms with Gasteiger partial charge in [-0.1, -0.05) is 30.3 Å². The highest BCUT2D eigenvalue weighted by Gasteiger charge is 2.71. The molecule has 138 valence electrons. The van der Waals surface area contributed by atoms with Gasteiger partial charge >= 0.3 is 5.97 Å². The van der Waals surface area contributed by atoms with E-state index in [0.717, 1.165) is 29.4 Å². The van der Waals surface area contributed by atoms with Gasteiger partial charge in [0.2, 0.25) is 0 Å². The second-order valence-electron chi connectivity index (χ2n) is 7.54. The van der Waals surface area contributed by atoms with E-state index in [9.17, 15) is 9.90 Å². The number of fused-ring (bicyclic) bond motifs is 5. The summed E-state index contributed by atoms with van der Waals surface area (Å²) in [6, 6.07) is 10.2. The molecule has 3 fully saturated rings. The number of hydrogen-bond acceptors (Lipinski definition) is 4. The second-order valence-corrected chi connectivity index (χ2v) is 7.54. The van der Waals surface area contributed by atoms with Gasteiger partial charge in [-0.3, -0.25) is 4.79 Å². The van der Waals surface area contributed by atoms with E-state index < -0.39 is 5.92 Å². The summed E-state index contributed by atoms with van der Waals surface area (Å²) in [5.74, 6) is -0.904. The van der Waals surface area contributed by atoms with E-state index in [0.29, 0.717) is 24.3 Å². The lowest BCUT2D eigenvalue weighted by Crippen LogP contribution is -3.00. The van der Waals surface area contributed by atoms with Crippen LogP contribution < -0.4 is 17.0 Å². The summed E-state index contributed by atoms with van der Waals surface area (Å²) in [4.78, 5) is 12.6. The number of morpholine rings is 1. The molecule has 0 spiro atoms. The van der Waals surface area contributed by atoms with E-state index in [1.54, 1.807) is 0 Å². The van der Waals surface area contributed by atoms with Crippen LogP contribution in [0.1, 0.15) is 31.2 Å². The number of carbonyl (C=O) groups is 1. The highest BCUT2D eigenvalue weighted by molar-refractivity contribution is 5.78. The Balaban J connectivity index is 0.00000182. The smallest absolute Gasteiger partial charge is 0.316 e. The predicted octanol–water partition coefficient (Wildman–Crippen LogP) is -1.54. The first-order valence-electron chi connectivity index (χ1n) is 8.95. The Labute approximate surface area is 159 Å². The third kappa shape index (κ3) is 3.03. The molecular weight excluding hydrogens is 386 g/mol. The number of halogens is 1. The molecule has 0 radical (unpaired) electrons. The van der Waals surface area contributed by atoms with Gasteiger partial charge < -0.3 is 36.0 Å². The number of likely N-dealkylation sites (N-methyl/N-ethyl adjacent to an activating group) is 1. The van der Waals surface area contributed by atoms with Crippen LogP contribution in [0.3, 0.4) is 0 Å². The molecule has 0 aromatic heterocycles. The fourth-order valence-electron chi connectivity index (χ4n) is 4.87. The molecule has 3 heterocycles. The summed E-state index contributed by atoms with van der Waals surface area (Å²) in [6.07, 6.45) is 2.37. The summed E-state index contributed by atoms with van der Waals surface area (Å²) in [7, 11) is 2.31. The molecule has 25 heavy (non-hydrogen) atoms. The van der Waals surface area contributed by atoms with E-state index in [1.165, 1.54) is 0 Å². The van der Waals surface area contributed by atoms with Gasteiger partial charge in [-0.05, 0) is 12.5 Å². The Kier molecular flexibility index (Phi) is 5.26. The number of rotatable bonds is 5. The van der Waals surface area contributed by atoms with E-state index in [1.807, 2.05) is 30.3 Å². The molecule has 6 heteroatoms. The van der Waals surface area contributed by atoms with Crippen molar-refractivity contribution < 1.29 is 40.8 Å². The lowest BCUT2D eigenvalue weighted by atomic mass is 9.95. The Morgan fingerprint density at radius 2 is 1.88 bits per heavy atom. The Bertz CT molecular complexity index is 607. The van der Waals surface area contributed by atoms with Gasteiger partial charge in [0.1, 0.15) is 36.3 Å². The van der Waals surface area contributed by atoms with Gasteiger partial charge in [0.15, 0.2) is 0 Å². The van der Waals surface area contributed by atoms with Crippen molar-refractivity contribution in [2.45, 2.75) is 56.1 Å². The minimum Gasteiger partial charge on any atom is -1.00 e. The van der Waals surface area contributed by atoms with Crippen LogP contribution in [0.5, 0.6) is 0 Å². The molecule has 5 nitrogen and oxygen atoms in total. The first kappa shape index (κ1) is 18.8. The maximum absolute atomic E-state index is 12.6. The Morgan fingerprint density at radius 3 is 2.40 bits per heavy atom. The van der Waals surface area contributed by atoms with Crippen molar-refractivity contribution in [3.63, 3.8) is 0 Å². The first-order chi connectivity index (χ1) is 11.6. The Hall–Kier alpha value is -0.950. The van der Waals surface area contributed by atoms with Gasteiger partial charge in [0, 0.05) is 12.8 Å². The summed E-state index contributed by atoms with van der Waals surface area (Å²) in [5, 5.41) is 9.64. The van der Waals surface area contributed by atoms with E-state index >= 15 is 0 Å². The fraction of sp³-hybridized carbons (Fsp3) is 0.632. The number of epoxide rings is 1. The topological polar surface area (TPSA) is 59.1 Å². The van der Waals surface area contributed by atoms with Gasteiger partial charge in [-0.15, -0.1) is 0 Å². The van der Waals surface area contributed by atoms with Crippen molar-refractivity contribution in [1.29, 1.82) is 0 Å². The zero-order valence-corrected chi connectivity index (χ0v) is 16.3. The molecule has 5 atom stereocenters. The number of quaternary nitrogens is 1. The third-order valence-corrected chi connectivity index (χ3v) is 6.48. The molecule has 3 aliphatic heterocycles. The van der Waals surface area contributed by atoms with Gasteiger partial charge in [-0.25, -0.2) is 0 Å². The molecule has 1 aromatic rings. The van der Waals surface area contributed by atoms with Gasteiger partial charge in [-0.2, -0.15) is 0 Å². The molecule has 3 aliphatic rings. The van der Waals surface area contributed by atoms with E-state index in [-0.39, 0.29) is 35.7 Å². The van der Waals surface area contributed by atoms with Crippen LogP contribution in [0.4, 0.5) is 0 Å². The maximum atomic E-state index is 12.6. The van der Waals surface area contributed by atoms with Crippen molar-refractivity contribution in [3.05, 3.63) is 35.9 Å². The van der Waals surface area contributed by atoms with Crippen LogP contribution in [0.2, 0.25) is 0 Å². The molecule has 4 rings (SSSR count). The zero-order valence-electron chi connectivity index (χ0n) is 14.7. The first-order valence-corrected chi connectivity index (χ1v) is 8.95. The maximum Gasteiger partial charge on any atom is 0.316 e. The molecule has 0 aliphatic carbocycles. The number of aliphatic hydroxyl groups excluding tert-OH is 1. The van der Waals surface area contributed by atoms with Crippen LogP contribution >= 0.6 is 0 Å². The number of carbonyl (C=O) groups excluding carboxylic acids is 1. The number of ether oxygens (including phenoxy) is 2.